The molecule has 0 saturated heterocycles. The van der Waals surface area contributed by atoms with Gasteiger partial charge in [0.1, 0.15) is 0 Å². The van der Waals surface area contributed by atoms with Gasteiger partial charge < -0.3 is 10.6 Å². The van der Waals surface area contributed by atoms with Crippen LogP contribution in [0.4, 0.5) is 49.1 Å². The van der Waals surface area contributed by atoms with Gasteiger partial charge in [0.15, 0.2) is 10.3 Å². The van der Waals surface area contributed by atoms with Crippen molar-refractivity contribution in [3.63, 3.8) is 0 Å². The zero-order valence-electron chi connectivity index (χ0n) is 22.8. The third-order valence-corrected chi connectivity index (χ3v) is 7.02. The molecule has 6 aromatic rings. The molecule has 46 heavy (non-hydrogen) atoms. The van der Waals surface area contributed by atoms with Crippen LogP contribution < -0.4 is 21.8 Å². The predicted octanol–water partition coefficient (Wildman–Crippen LogP) is 8.68. The number of aromatic nitrogens is 4. The Hall–Kier alpha value is -5.08. The summed E-state index contributed by atoms with van der Waals surface area (Å²) >= 11 is 11.8. The first-order chi connectivity index (χ1) is 21.7. The molecular formula is C30H18Cl2F6N6O2. The molecule has 236 valence electrons. The van der Waals surface area contributed by atoms with Gasteiger partial charge in [-0.25, -0.2) is 10.2 Å². The van der Waals surface area contributed by atoms with Crippen molar-refractivity contribution in [2.75, 3.05) is 10.6 Å². The van der Waals surface area contributed by atoms with E-state index in [0.29, 0.717) is 32.9 Å². The Morgan fingerprint density at radius 3 is 1.43 bits per heavy atom. The minimum Gasteiger partial charge on any atom is -0.355 e. The van der Waals surface area contributed by atoms with Crippen molar-refractivity contribution in [2.45, 2.75) is 12.4 Å². The first-order valence-corrected chi connectivity index (χ1v) is 13.7. The quantitative estimate of drug-likeness (QED) is 0.139. The summed E-state index contributed by atoms with van der Waals surface area (Å²) in [6.45, 7) is 0. The lowest BCUT2D eigenvalue weighted by atomic mass is 10.1. The highest BCUT2D eigenvalue weighted by Crippen LogP contribution is 2.33. The molecule has 0 unspecified atom stereocenters. The van der Waals surface area contributed by atoms with Crippen LogP contribution in [0.5, 0.6) is 0 Å². The van der Waals surface area contributed by atoms with Gasteiger partial charge in [0.05, 0.1) is 21.9 Å². The lowest BCUT2D eigenvalue weighted by molar-refractivity contribution is -0.138. The molecule has 4 aromatic carbocycles. The largest absolute Gasteiger partial charge is 0.416 e. The van der Waals surface area contributed by atoms with Gasteiger partial charge in [-0.15, -0.1) is 0 Å². The van der Waals surface area contributed by atoms with Gasteiger partial charge in [-0.3, -0.25) is 9.59 Å². The van der Waals surface area contributed by atoms with Gasteiger partial charge >= 0.3 is 12.4 Å². The fourth-order valence-electron chi connectivity index (χ4n) is 4.30. The van der Waals surface area contributed by atoms with Crippen LogP contribution in [0.3, 0.4) is 0 Å². The van der Waals surface area contributed by atoms with E-state index in [0.717, 1.165) is 24.3 Å². The molecule has 4 N–H and O–H groups in total. The van der Waals surface area contributed by atoms with E-state index in [1.54, 1.807) is 24.3 Å². The lowest BCUT2D eigenvalue weighted by Gasteiger charge is -2.11. The number of H-pyrrole nitrogens is 2. The summed E-state index contributed by atoms with van der Waals surface area (Å²) < 4.78 is 76.3. The minimum absolute atomic E-state index is 0.104. The first-order valence-electron chi connectivity index (χ1n) is 12.9. The summed E-state index contributed by atoms with van der Waals surface area (Å²) in [6, 6.07) is 19.0. The van der Waals surface area contributed by atoms with E-state index in [1.807, 2.05) is 0 Å². The average Bonchev–Trinajstić information content (AvgIpc) is 3.01. The van der Waals surface area contributed by atoms with Gasteiger partial charge in [0, 0.05) is 33.5 Å². The summed E-state index contributed by atoms with van der Waals surface area (Å²) in [5.74, 6) is 0. The number of nitrogens with one attached hydrogen (secondary N) is 4. The second-order valence-electron chi connectivity index (χ2n) is 9.61. The molecule has 16 heteroatoms. The Morgan fingerprint density at radius 1 is 0.522 bits per heavy atom. The molecule has 0 atom stereocenters. The standard InChI is InChI=1S/2C15H9ClF3N3O/c16-13-12-7-10(4-5-11(12)14(23)22-21-13)20-9-3-1-2-8(6-9)15(17,18)19;16-13-11-5-4-10(7-12(11)14(23)22-21-13)20-9-3-1-2-8(6-9)15(17,18)19/h2*1-7,20H,(H,22,23). The highest BCUT2D eigenvalue weighted by Gasteiger charge is 2.31. The molecule has 0 radical (unpaired) electrons. The van der Waals surface area contributed by atoms with E-state index in [9.17, 15) is 35.9 Å². The molecule has 0 aliphatic carbocycles. The van der Waals surface area contributed by atoms with Gasteiger partial charge in [0.2, 0.25) is 0 Å². The third-order valence-electron chi connectivity index (χ3n) is 6.44. The van der Waals surface area contributed by atoms with Crippen LogP contribution in [-0.2, 0) is 12.4 Å². The van der Waals surface area contributed by atoms with Crippen molar-refractivity contribution < 1.29 is 26.3 Å². The summed E-state index contributed by atoms with van der Waals surface area (Å²) in [5, 5.41) is 19.3. The molecule has 0 saturated carbocycles. The van der Waals surface area contributed by atoms with Crippen molar-refractivity contribution in [1.82, 2.24) is 20.4 Å². The van der Waals surface area contributed by atoms with Crippen LogP contribution in [0, 0.1) is 0 Å². The number of halogens is 8. The molecule has 0 bridgehead atoms. The molecule has 0 aliphatic rings. The number of rotatable bonds is 4. The Bertz CT molecular complexity index is 2180. The number of benzene rings is 4. The number of anilines is 4. The van der Waals surface area contributed by atoms with E-state index >= 15 is 0 Å². The second-order valence-corrected chi connectivity index (χ2v) is 10.3. The van der Waals surface area contributed by atoms with Crippen LogP contribution in [0.1, 0.15) is 11.1 Å². The fourth-order valence-corrected chi connectivity index (χ4v) is 4.71. The Labute approximate surface area is 264 Å². The molecule has 0 fully saturated rings. The maximum atomic E-state index is 12.7. The number of fused-ring (bicyclic) bond motifs is 2. The molecule has 0 amide bonds. The Morgan fingerprint density at radius 2 is 0.935 bits per heavy atom. The smallest absolute Gasteiger partial charge is 0.355 e. The van der Waals surface area contributed by atoms with Crippen LogP contribution in [0.15, 0.2) is 94.5 Å². The zero-order chi connectivity index (χ0) is 33.2. The number of nitrogens with zero attached hydrogens (tertiary/aromatic N) is 2. The Kier molecular flexibility index (Phi) is 8.94. The minimum atomic E-state index is -4.42. The van der Waals surface area contributed by atoms with E-state index in [-0.39, 0.29) is 21.7 Å². The van der Waals surface area contributed by atoms with E-state index in [4.69, 9.17) is 23.2 Å². The number of hydrogen-bond acceptors (Lipinski definition) is 6. The van der Waals surface area contributed by atoms with Crippen molar-refractivity contribution in [1.29, 1.82) is 0 Å². The maximum absolute atomic E-state index is 12.7. The van der Waals surface area contributed by atoms with Crippen molar-refractivity contribution >= 4 is 67.5 Å². The van der Waals surface area contributed by atoms with Crippen molar-refractivity contribution in [3.8, 4) is 0 Å². The predicted molar refractivity (Wildman–Crippen MR) is 164 cm³/mol. The van der Waals surface area contributed by atoms with Crippen LogP contribution in [-0.4, -0.2) is 20.4 Å². The molecule has 6 rings (SSSR count). The first kappa shape index (κ1) is 32.3. The van der Waals surface area contributed by atoms with Crippen LogP contribution >= 0.6 is 23.2 Å². The van der Waals surface area contributed by atoms with Gasteiger partial charge in [-0.05, 0) is 72.8 Å². The normalized spacial score (nSPS) is 11.7. The lowest BCUT2D eigenvalue weighted by Crippen LogP contribution is -2.08. The average molecular weight is 679 g/mol. The fraction of sp³-hybridized carbons (Fsp3) is 0.0667. The van der Waals surface area contributed by atoms with E-state index in [1.165, 1.54) is 36.4 Å². The second kappa shape index (κ2) is 12.7. The van der Waals surface area contributed by atoms with Crippen molar-refractivity contribution in [2.24, 2.45) is 0 Å². The monoisotopic (exact) mass is 678 g/mol. The molecule has 2 heterocycles. The van der Waals surface area contributed by atoms with E-state index in [2.05, 4.69) is 31.0 Å². The molecular weight excluding hydrogens is 661 g/mol. The topological polar surface area (TPSA) is 116 Å². The highest BCUT2D eigenvalue weighted by atomic mass is 35.5. The highest BCUT2D eigenvalue weighted by molar-refractivity contribution is 6.34. The summed E-state index contributed by atoms with van der Waals surface area (Å²) in [4.78, 5) is 23.4. The number of alkyl halides is 6. The number of hydrogen-bond donors (Lipinski definition) is 4. The van der Waals surface area contributed by atoms with Gasteiger partial charge in [0.25, 0.3) is 11.1 Å². The summed E-state index contributed by atoms with van der Waals surface area (Å²) in [5.41, 5.74) is -0.848. The molecule has 0 spiro atoms. The molecule has 0 aliphatic heterocycles. The van der Waals surface area contributed by atoms with E-state index < -0.39 is 34.6 Å². The Balaban J connectivity index is 0.000000181. The maximum Gasteiger partial charge on any atom is 0.416 e. The number of aromatic amines is 2. The molecule has 8 nitrogen and oxygen atoms in total. The van der Waals surface area contributed by atoms with Gasteiger partial charge in [-0.1, -0.05) is 35.3 Å². The van der Waals surface area contributed by atoms with Crippen LogP contribution in [0.25, 0.3) is 21.5 Å². The summed E-state index contributed by atoms with van der Waals surface area (Å²) in [7, 11) is 0. The molecule has 2 aromatic heterocycles. The zero-order valence-corrected chi connectivity index (χ0v) is 24.3. The van der Waals surface area contributed by atoms with Gasteiger partial charge in [-0.2, -0.15) is 36.5 Å². The third kappa shape index (κ3) is 7.41. The van der Waals surface area contributed by atoms with Crippen molar-refractivity contribution in [3.05, 3.63) is 127 Å². The SMILES string of the molecule is O=c1[nH]nc(Cl)c2cc(Nc3cccc(C(F)(F)F)c3)ccc12.O=c1[nH]nc(Cl)c2ccc(Nc3cccc(C(F)(F)F)c3)cc12. The van der Waals surface area contributed by atoms with Crippen LogP contribution in [0.2, 0.25) is 10.3 Å². The summed E-state index contributed by atoms with van der Waals surface area (Å²) in [6.07, 6.45) is -8.83.